The summed E-state index contributed by atoms with van der Waals surface area (Å²) in [6.07, 6.45) is 8.38. The summed E-state index contributed by atoms with van der Waals surface area (Å²) in [7, 11) is 0. The molecule has 0 spiro atoms. The number of rotatable bonds is 4. The molecule has 0 aromatic carbocycles. The van der Waals surface area contributed by atoms with E-state index in [4.69, 9.17) is 0 Å². The van der Waals surface area contributed by atoms with Crippen LogP contribution in [0.5, 0.6) is 0 Å². The Bertz CT molecular complexity index is 393. The molecule has 0 radical (unpaired) electrons. The van der Waals surface area contributed by atoms with E-state index in [1.54, 1.807) is 6.92 Å². The molecule has 2 rings (SSSR count). The van der Waals surface area contributed by atoms with Crippen LogP contribution in [0.2, 0.25) is 0 Å². The summed E-state index contributed by atoms with van der Waals surface area (Å²) in [5.74, 6) is -0.260. The SMILES string of the molecule is CC(NC(=O)NC1CCCC1(C)C(=O)O)C1CCCCC1. The molecule has 3 atom stereocenters. The monoisotopic (exact) mass is 296 g/mol. The topological polar surface area (TPSA) is 78.4 Å². The molecule has 2 aliphatic carbocycles. The highest BCUT2D eigenvalue weighted by molar-refractivity contribution is 5.79. The van der Waals surface area contributed by atoms with Gasteiger partial charge in [0.1, 0.15) is 0 Å². The number of nitrogens with one attached hydrogen (secondary N) is 2. The predicted octanol–water partition coefficient (Wildman–Crippen LogP) is 2.90. The molecule has 2 fully saturated rings. The summed E-state index contributed by atoms with van der Waals surface area (Å²) in [5, 5.41) is 15.3. The first kappa shape index (κ1) is 16.1. The van der Waals surface area contributed by atoms with Crippen LogP contribution in [0.1, 0.15) is 65.2 Å². The summed E-state index contributed by atoms with van der Waals surface area (Å²) in [5.41, 5.74) is -0.828. The van der Waals surface area contributed by atoms with Crippen molar-refractivity contribution in [1.82, 2.24) is 10.6 Å². The quantitative estimate of drug-likeness (QED) is 0.746. The van der Waals surface area contributed by atoms with Crippen molar-refractivity contribution in [3.63, 3.8) is 0 Å². The number of carboxylic acids is 1. The summed E-state index contributed by atoms with van der Waals surface area (Å²) in [6, 6.07) is -0.330. The Hall–Kier alpha value is -1.26. The number of aliphatic carboxylic acids is 1. The summed E-state index contributed by atoms with van der Waals surface area (Å²) < 4.78 is 0. The second kappa shape index (κ2) is 6.67. The summed E-state index contributed by atoms with van der Waals surface area (Å²) >= 11 is 0. The molecule has 2 amide bonds. The lowest BCUT2D eigenvalue weighted by Gasteiger charge is -2.31. The van der Waals surface area contributed by atoms with Crippen molar-refractivity contribution < 1.29 is 14.7 Å². The molecule has 0 bridgehead atoms. The van der Waals surface area contributed by atoms with Crippen molar-refractivity contribution in [2.75, 3.05) is 0 Å². The Morgan fingerprint density at radius 3 is 2.43 bits per heavy atom. The molecular weight excluding hydrogens is 268 g/mol. The first-order valence-electron chi connectivity index (χ1n) is 8.24. The fourth-order valence-electron chi connectivity index (χ4n) is 3.81. The van der Waals surface area contributed by atoms with Gasteiger partial charge in [0.15, 0.2) is 0 Å². The molecule has 0 aromatic rings. The first-order chi connectivity index (χ1) is 9.93. The van der Waals surface area contributed by atoms with Gasteiger partial charge in [-0.2, -0.15) is 0 Å². The minimum atomic E-state index is -0.828. The van der Waals surface area contributed by atoms with Crippen molar-refractivity contribution in [3.8, 4) is 0 Å². The third-order valence-electron chi connectivity index (χ3n) is 5.47. The van der Waals surface area contributed by atoms with Gasteiger partial charge in [0.25, 0.3) is 0 Å². The average Bonchev–Trinajstić information content (AvgIpc) is 2.82. The Balaban J connectivity index is 1.85. The van der Waals surface area contributed by atoms with E-state index in [1.807, 2.05) is 0 Å². The van der Waals surface area contributed by atoms with Crippen LogP contribution in [-0.2, 0) is 4.79 Å². The Kier molecular flexibility index (Phi) is 5.12. The molecule has 5 heteroatoms. The van der Waals surface area contributed by atoms with Crippen molar-refractivity contribution in [1.29, 1.82) is 0 Å². The summed E-state index contributed by atoms with van der Waals surface area (Å²) in [6.45, 7) is 3.79. The fourth-order valence-corrected chi connectivity index (χ4v) is 3.81. The zero-order chi connectivity index (χ0) is 15.5. The van der Waals surface area contributed by atoms with Crippen LogP contribution in [0.3, 0.4) is 0 Å². The molecule has 3 unspecified atom stereocenters. The van der Waals surface area contributed by atoms with Gasteiger partial charge in [-0.05, 0) is 45.4 Å². The van der Waals surface area contributed by atoms with E-state index in [0.717, 1.165) is 12.8 Å². The standard InChI is InChI=1S/C16H28N2O3/c1-11(12-7-4-3-5-8-12)17-15(21)18-13-9-6-10-16(13,2)14(19)20/h11-13H,3-10H2,1-2H3,(H,19,20)(H2,17,18,21). The lowest BCUT2D eigenvalue weighted by Crippen LogP contribution is -2.52. The largest absolute Gasteiger partial charge is 0.481 e. The highest BCUT2D eigenvalue weighted by Crippen LogP contribution is 2.38. The van der Waals surface area contributed by atoms with Crippen molar-refractivity contribution >= 4 is 12.0 Å². The second-order valence-electron chi connectivity index (χ2n) is 6.97. The van der Waals surface area contributed by atoms with Gasteiger partial charge in [-0.3, -0.25) is 4.79 Å². The maximum Gasteiger partial charge on any atom is 0.315 e. The van der Waals surface area contributed by atoms with E-state index in [1.165, 1.54) is 32.1 Å². The minimum absolute atomic E-state index is 0.155. The Morgan fingerprint density at radius 2 is 1.81 bits per heavy atom. The van der Waals surface area contributed by atoms with E-state index in [-0.39, 0.29) is 18.1 Å². The zero-order valence-corrected chi connectivity index (χ0v) is 13.2. The van der Waals surface area contributed by atoms with E-state index < -0.39 is 11.4 Å². The maximum atomic E-state index is 12.1. The lowest BCUT2D eigenvalue weighted by molar-refractivity contribution is -0.148. The van der Waals surface area contributed by atoms with Gasteiger partial charge in [-0.15, -0.1) is 0 Å². The van der Waals surface area contributed by atoms with Crippen LogP contribution in [0.4, 0.5) is 4.79 Å². The number of carboxylic acid groups (broad SMARTS) is 1. The van der Waals surface area contributed by atoms with Crippen LogP contribution in [0, 0.1) is 11.3 Å². The van der Waals surface area contributed by atoms with Crippen LogP contribution < -0.4 is 10.6 Å². The molecule has 0 aliphatic heterocycles. The van der Waals surface area contributed by atoms with Crippen LogP contribution in [0.25, 0.3) is 0 Å². The van der Waals surface area contributed by atoms with Gasteiger partial charge < -0.3 is 15.7 Å². The third kappa shape index (κ3) is 3.69. The van der Waals surface area contributed by atoms with Gasteiger partial charge in [-0.25, -0.2) is 4.79 Å². The molecule has 0 aromatic heterocycles. The Labute approximate surface area is 126 Å². The number of urea groups is 1. The van der Waals surface area contributed by atoms with Crippen LogP contribution >= 0.6 is 0 Å². The minimum Gasteiger partial charge on any atom is -0.481 e. The van der Waals surface area contributed by atoms with Crippen molar-refractivity contribution in [3.05, 3.63) is 0 Å². The van der Waals surface area contributed by atoms with Crippen LogP contribution in [-0.4, -0.2) is 29.2 Å². The molecular formula is C16H28N2O3. The zero-order valence-electron chi connectivity index (χ0n) is 13.2. The first-order valence-corrected chi connectivity index (χ1v) is 8.24. The number of amides is 2. The number of hydrogen-bond acceptors (Lipinski definition) is 2. The molecule has 120 valence electrons. The molecule has 0 heterocycles. The van der Waals surface area contributed by atoms with Gasteiger partial charge in [0, 0.05) is 12.1 Å². The molecule has 0 saturated heterocycles. The molecule has 3 N–H and O–H groups in total. The van der Waals surface area contributed by atoms with Gasteiger partial charge >= 0.3 is 12.0 Å². The average molecular weight is 296 g/mol. The summed E-state index contributed by atoms with van der Waals surface area (Å²) in [4.78, 5) is 23.6. The third-order valence-corrected chi connectivity index (χ3v) is 5.47. The number of hydrogen-bond donors (Lipinski definition) is 3. The van der Waals surface area contributed by atoms with E-state index >= 15 is 0 Å². The molecule has 21 heavy (non-hydrogen) atoms. The van der Waals surface area contributed by atoms with Crippen molar-refractivity contribution in [2.45, 2.75) is 77.3 Å². The smallest absolute Gasteiger partial charge is 0.315 e. The van der Waals surface area contributed by atoms with Gasteiger partial charge in [0.05, 0.1) is 5.41 Å². The highest BCUT2D eigenvalue weighted by Gasteiger charge is 2.46. The van der Waals surface area contributed by atoms with Crippen LogP contribution in [0.15, 0.2) is 0 Å². The molecule has 5 nitrogen and oxygen atoms in total. The van der Waals surface area contributed by atoms with Crippen molar-refractivity contribution in [2.24, 2.45) is 11.3 Å². The fraction of sp³-hybridized carbons (Fsp3) is 0.875. The maximum absolute atomic E-state index is 12.1. The molecule has 2 aliphatic rings. The highest BCUT2D eigenvalue weighted by atomic mass is 16.4. The van der Waals surface area contributed by atoms with Gasteiger partial charge in [-0.1, -0.05) is 25.7 Å². The van der Waals surface area contributed by atoms with E-state index in [9.17, 15) is 14.7 Å². The van der Waals surface area contributed by atoms with E-state index in [0.29, 0.717) is 12.3 Å². The van der Waals surface area contributed by atoms with Gasteiger partial charge in [0.2, 0.25) is 0 Å². The second-order valence-corrected chi connectivity index (χ2v) is 6.97. The Morgan fingerprint density at radius 1 is 1.14 bits per heavy atom. The lowest BCUT2D eigenvalue weighted by atomic mass is 9.84. The number of carbonyl (C=O) groups is 2. The van der Waals surface area contributed by atoms with E-state index in [2.05, 4.69) is 17.6 Å². The number of carbonyl (C=O) groups excluding carboxylic acids is 1. The normalized spacial score (nSPS) is 31.6. The predicted molar refractivity (Wildman–Crippen MR) is 81.1 cm³/mol. The molecule has 2 saturated carbocycles.